The van der Waals surface area contributed by atoms with Gasteiger partial charge in [0.1, 0.15) is 5.69 Å². The van der Waals surface area contributed by atoms with Crippen LogP contribution in [0.4, 0.5) is 0 Å². The average Bonchev–Trinajstić information content (AvgIpc) is 3.04. The highest BCUT2D eigenvalue weighted by molar-refractivity contribution is 5.92. The Bertz CT molecular complexity index is 415. The minimum absolute atomic E-state index is 0.258. The second-order valence-electron chi connectivity index (χ2n) is 6.53. The minimum atomic E-state index is -0.258. The molecular formula is C19H35N3O. The average molecular weight is 322 g/mol. The fraction of sp³-hybridized carbons (Fsp3) is 0.737. The number of hydrogen-bond acceptors (Lipinski definition) is 2. The molecule has 0 spiro atoms. The number of carbonyl (C=O) groups is 1. The lowest BCUT2D eigenvalue weighted by Crippen LogP contribution is -2.30. The van der Waals surface area contributed by atoms with Crippen LogP contribution in [0, 0.1) is 0 Å². The Balaban J connectivity index is 1.90. The second kappa shape index (κ2) is 13.2. The van der Waals surface area contributed by atoms with E-state index in [1.54, 1.807) is 0 Å². The molecule has 0 radical (unpaired) electrons. The first-order valence-electron chi connectivity index (χ1n) is 9.46. The molecule has 4 heteroatoms. The summed E-state index contributed by atoms with van der Waals surface area (Å²) in [6.45, 7) is 2.27. The lowest BCUT2D eigenvalue weighted by atomic mass is 10.0. The Morgan fingerprint density at radius 3 is 2.00 bits per heavy atom. The van der Waals surface area contributed by atoms with E-state index in [4.69, 9.17) is 5.84 Å². The summed E-state index contributed by atoms with van der Waals surface area (Å²) in [5.74, 6) is 4.86. The van der Waals surface area contributed by atoms with Crippen molar-refractivity contribution in [2.75, 3.05) is 0 Å². The highest BCUT2D eigenvalue weighted by Gasteiger charge is 2.06. The van der Waals surface area contributed by atoms with E-state index in [1.807, 2.05) is 12.3 Å². The standard InChI is InChI=1S/C19H35N3O/c1-2-3-4-5-6-7-8-9-10-11-12-13-14-17-15-18(21-16-17)19(23)22-20/h15-16,21H,2-14,20H2,1H3,(H,22,23). The predicted octanol–water partition coefficient (Wildman–Crippen LogP) is 4.86. The fourth-order valence-electron chi connectivity index (χ4n) is 2.96. The molecule has 0 aliphatic heterocycles. The number of carbonyl (C=O) groups excluding carboxylic acids is 1. The van der Waals surface area contributed by atoms with Gasteiger partial charge in [-0.1, -0.05) is 77.6 Å². The molecule has 0 aliphatic rings. The van der Waals surface area contributed by atoms with Gasteiger partial charge in [0.2, 0.25) is 0 Å². The first-order chi connectivity index (χ1) is 11.3. The van der Waals surface area contributed by atoms with E-state index >= 15 is 0 Å². The molecule has 23 heavy (non-hydrogen) atoms. The Morgan fingerprint density at radius 1 is 0.957 bits per heavy atom. The summed E-state index contributed by atoms with van der Waals surface area (Å²) in [4.78, 5) is 14.3. The van der Waals surface area contributed by atoms with Crippen molar-refractivity contribution in [1.82, 2.24) is 10.4 Å². The van der Waals surface area contributed by atoms with Crippen molar-refractivity contribution >= 4 is 5.91 Å². The third-order valence-corrected chi connectivity index (χ3v) is 4.44. The lowest BCUT2D eigenvalue weighted by Gasteiger charge is -2.02. The summed E-state index contributed by atoms with van der Waals surface area (Å²) < 4.78 is 0. The molecule has 0 atom stereocenters. The molecule has 0 saturated heterocycles. The quantitative estimate of drug-likeness (QED) is 0.198. The summed E-state index contributed by atoms with van der Waals surface area (Å²) in [5.41, 5.74) is 3.87. The Labute approximate surface area is 141 Å². The molecule has 1 aromatic rings. The van der Waals surface area contributed by atoms with Gasteiger partial charge < -0.3 is 4.98 Å². The first-order valence-corrected chi connectivity index (χ1v) is 9.46. The first kappa shape index (κ1) is 19.8. The van der Waals surface area contributed by atoms with Gasteiger partial charge >= 0.3 is 0 Å². The van der Waals surface area contributed by atoms with E-state index in [0.717, 1.165) is 6.42 Å². The Kier molecular flexibility index (Phi) is 11.3. The number of aromatic nitrogens is 1. The molecule has 4 nitrogen and oxygen atoms in total. The third kappa shape index (κ3) is 9.44. The van der Waals surface area contributed by atoms with E-state index in [0.29, 0.717) is 5.69 Å². The maximum Gasteiger partial charge on any atom is 0.281 e. The van der Waals surface area contributed by atoms with Crippen molar-refractivity contribution in [2.24, 2.45) is 5.84 Å². The van der Waals surface area contributed by atoms with E-state index in [2.05, 4.69) is 17.3 Å². The summed E-state index contributed by atoms with van der Waals surface area (Å²) in [5, 5.41) is 0. The van der Waals surface area contributed by atoms with E-state index in [1.165, 1.54) is 82.6 Å². The lowest BCUT2D eigenvalue weighted by molar-refractivity contribution is 0.0949. The van der Waals surface area contributed by atoms with Gasteiger partial charge in [-0.3, -0.25) is 10.2 Å². The molecule has 132 valence electrons. The fourth-order valence-corrected chi connectivity index (χ4v) is 2.96. The topological polar surface area (TPSA) is 70.9 Å². The van der Waals surface area contributed by atoms with Crippen LogP contribution in [0.1, 0.15) is 100 Å². The highest BCUT2D eigenvalue weighted by Crippen LogP contribution is 2.13. The smallest absolute Gasteiger partial charge is 0.281 e. The molecule has 0 aliphatic carbocycles. The summed E-state index contributed by atoms with van der Waals surface area (Å²) in [7, 11) is 0. The second-order valence-corrected chi connectivity index (χ2v) is 6.53. The predicted molar refractivity (Wildman–Crippen MR) is 97.2 cm³/mol. The number of amides is 1. The maximum absolute atomic E-state index is 11.3. The van der Waals surface area contributed by atoms with Crippen LogP contribution >= 0.6 is 0 Å². The third-order valence-electron chi connectivity index (χ3n) is 4.44. The van der Waals surface area contributed by atoms with Crippen LogP contribution in [0.2, 0.25) is 0 Å². The molecule has 4 N–H and O–H groups in total. The van der Waals surface area contributed by atoms with Crippen LogP contribution in [-0.4, -0.2) is 10.9 Å². The van der Waals surface area contributed by atoms with Crippen LogP contribution in [-0.2, 0) is 6.42 Å². The Morgan fingerprint density at radius 2 is 1.48 bits per heavy atom. The number of unbranched alkanes of at least 4 members (excludes halogenated alkanes) is 11. The van der Waals surface area contributed by atoms with Gasteiger partial charge in [0, 0.05) is 6.20 Å². The van der Waals surface area contributed by atoms with Crippen molar-refractivity contribution in [2.45, 2.75) is 90.4 Å². The molecule has 0 saturated carbocycles. The van der Waals surface area contributed by atoms with Crippen LogP contribution in [0.15, 0.2) is 12.3 Å². The van der Waals surface area contributed by atoms with Crippen molar-refractivity contribution < 1.29 is 4.79 Å². The zero-order chi connectivity index (χ0) is 16.8. The molecule has 1 rings (SSSR count). The van der Waals surface area contributed by atoms with Gasteiger partial charge in [-0.05, 0) is 24.5 Å². The summed E-state index contributed by atoms with van der Waals surface area (Å²) in [6.07, 6.45) is 19.3. The monoisotopic (exact) mass is 321 g/mol. The van der Waals surface area contributed by atoms with Crippen molar-refractivity contribution in [1.29, 1.82) is 0 Å². The molecular weight excluding hydrogens is 286 g/mol. The molecule has 0 bridgehead atoms. The number of aryl methyl sites for hydroxylation is 1. The number of hydrogen-bond donors (Lipinski definition) is 3. The molecule has 1 heterocycles. The van der Waals surface area contributed by atoms with Crippen LogP contribution < -0.4 is 11.3 Å². The number of nitrogen functional groups attached to an aromatic ring is 1. The van der Waals surface area contributed by atoms with E-state index in [-0.39, 0.29) is 5.91 Å². The van der Waals surface area contributed by atoms with E-state index < -0.39 is 0 Å². The van der Waals surface area contributed by atoms with Crippen molar-refractivity contribution in [3.63, 3.8) is 0 Å². The molecule has 0 aromatic carbocycles. The van der Waals surface area contributed by atoms with Crippen LogP contribution in [0.5, 0.6) is 0 Å². The van der Waals surface area contributed by atoms with Gasteiger partial charge in [-0.2, -0.15) is 0 Å². The van der Waals surface area contributed by atoms with Gasteiger partial charge in [0.05, 0.1) is 0 Å². The van der Waals surface area contributed by atoms with Gasteiger partial charge in [-0.15, -0.1) is 0 Å². The highest BCUT2D eigenvalue weighted by atomic mass is 16.2. The molecule has 1 aromatic heterocycles. The molecule has 0 unspecified atom stereocenters. The normalized spacial score (nSPS) is 10.9. The van der Waals surface area contributed by atoms with Gasteiger partial charge in [-0.25, -0.2) is 5.84 Å². The maximum atomic E-state index is 11.3. The SMILES string of the molecule is CCCCCCCCCCCCCCc1c[nH]c(C(=O)NN)c1. The largest absolute Gasteiger partial charge is 0.357 e. The zero-order valence-corrected chi connectivity index (χ0v) is 14.8. The molecule has 0 fully saturated rings. The van der Waals surface area contributed by atoms with Gasteiger partial charge in [0.15, 0.2) is 0 Å². The van der Waals surface area contributed by atoms with Crippen molar-refractivity contribution in [3.05, 3.63) is 23.5 Å². The number of hydrazine groups is 1. The van der Waals surface area contributed by atoms with Crippen molar-refractivity contribution in [3.8, 4) is 0 Å². The number of rotatable bonds is 14. The summed E-state index contributed by atoms with van der Waals surface area (Å²) in [6, 6.07) is 1.89. The molecule has 1 amide bonds. The van der Waals surface area contributed by atoms with E-state index in [9.17, 15) is 4.79 Å². The summed E-state index contributed by atoms with van der Waals surface area (Å²) >= 11 is 0. The minimum Gasteiger partial charge on any atom is -0.357 e. The zero-order valence-electron chi connectivity index (χ0n) is 14.8. The number of aromatic amines is 1. The van der Waals surface area contributed by atoms with Crippen LogP contribution in [0.25, 0.3) is 0 Å². The van der Waals surface area contributed by atoms with Crippen LogP contribution in [0.3, 0.4) is 0 Å². The Hall–Kier alpha value is -1.29. The number of H-pyrrole nitrogens is 1. The van der Waals surface area contributed by atoms with Gasteiger partial charge in [0.25, 0.3) is 5.91 Å². The number of nitrogens with two attached hydrogens (primary N) is 1. The number of nitrogens with one attached hydrogen (secondary N) is 2.